The SMILES string of the molecule is COc1c(Br)cc(OC(=O)OC(C)(C)C)c(OC)c1C. The first-order valence-electron chi connectivity index (χ1n) is 6.01. The third-order valence-corrected chi connectivity index (χ3v) is 2.96. The summed E-state index contributed by atoms with van der Waals surface area (Å²) in [6.45, 7) is 7.10. The standard InChI is InChI=1S/C14H19BrO5/c1-8-11(17-5)9(15)7-10(12(8)18-6)19-13(16)20-14(2,3)4/h7H,1-6H3. The van der Waals surface area contributed by atoms with Crippen LogP contribution < -0.4 is 14.2 Å². The van der Waals surface area contributed by atoms with Gasteiger partial charge in [-0.1, -0.05) is 0 Å². The minimum absolute atomic E-state index is 0.270. The van der Waals surface area contributed by atoms with Crippen LogP contribution in [0.1, 0.15) is 26.3 Å². The second kappa shape index (κ2) is 6.35. The van der Waals surface area contributed by atoms with Gasteiger partial charge in [0.15, 0.2) is 11.5 Å². The molecule has 0 aliphatic heterocycles. The van der Waals surface area contributed by atoms with Crippen LogP contribution in [-0.2, 0) is 4.74 Å². The molecule has 0 saturated heterocycles. The van der Waals surface area contributed by atoms with Gasteiger partial charge >= 0.3 is 6.16 Å². The molecular weight excluding hydrogens is 328 g/mol. The minimum atomic E-state index is -0.785. The maximum absolute atomic E-state index is 11.7. The number of carbonyl (C=O) groups is 1. The second-order valence-electron chi connectivity index (χ2n) is 5.11. The Morgan fingerprint density at radius 2 is 1.70 bits per heavy atom. The largest absolute Gasteiger partial charge is 0.514 e. The van der Waals surface area contributed by atoms with E-state index in [2.05, 4.69) is 15.9 Å². The van der Waals surface area contributed by atoms with Gasteiger partial charge in [-0.25, -0.2) is 4.79 Å². The van der Waals surface area contributed by atoms with Crippen LogP contribution in [0.2, 0.25) is 0 Å². The molecule has 0 unspecified atom stereocenters. The Balaban J connectivity index is 3.10. The number of carbonyl (C=O) groups excluding carboxylic acids is 1. The Bertz CT molecular complexity index is 505. The van der Waals surface area contributed by atoms with Gasteiger partial charge < -0.3 is 18.9 Å². The lowest BCUT2D eigenvalue weighted by Crippen LogP contribution is -2.26. The lowest BCUT2D eigenvalue weighted by atomic mass is 10.2. The van der Waals surface area contributed by atoms with Gasteiger partial charge in [0.2, 0.25) is 0 Å². The summed E-state index contributed by atoms with van der Waals surface area (Å²) >= 11 is 3.36. The van der Waals surface area contributed by atoms with E-state index in [9.17, 15) is 4.79 Å². The molecule has 0 aliphatic rings. The smallest absolute Gasteiger partial charge is 0.495 e. The zero-order chi connectivity index (χ0) is 15.5. The number of halogens is 1. The number of hydrogen-bond acceptors (Lipinski definition) is 5. The highest BCUT2D eigenvalue weighted by atomic mass is 79.9. The Labute approximate surface area is 127 Å². The van der Waals surface area contributed by atoms with Crippen LogP contribution in [0.5, 0.6) is 17.2 Å². The fourth-order valence-electron chi connectivity index (χ4n) is 1.65. The topological polar surface area (TPSA) is 54.0 Å². The molecular formula is C14H19BrO5. The van der Waals surface area contributed by atoms with E-state index in [1.165, 1.54) is 7.11 Å². The molecule has 0 spiro atoms. The first-order chi connectivity index (χ1) is 9.19. The molecule has 112 valence electrons. The summed E-state index contributed by atoms with van der Waals surface area (Å²) in [5.74, 6) is 1.32. The molecule has 1 rings (SSSR count). The van der Waals surface area contributed by atoms with E-state index in [1.54, 1.807) is 33.9 Å². The Hall–Kier alpha value is -1.43. The van der Waals surface area contributed by atoms with Crippen molar-refractivity contribution in [1.29, 1.82) is 0 Å². The van der Waals surface area contributed by atoms with Gasteiger partial charge in [0.25, 0.3) is 0 Å². The molecule has 0 radical (unpaired) electrons. The van der Waals surface area contributed by atoms with Crippen LogP contribution in [0, 0.1) is 6.92 Å². The fourth-order valence-corrected chi connectivity index (χ4v) is 2.32. The van der Waals surface area contributed by atoms with Crippen LogP contribution in [0.4, 0.5) is 4.79 Å². The van der Waals surface area contributed by atoms with E-state index in [0.717, 1.165) is 5.56 Å². The highest BCUT2D eigenvalue weighted by molar-refractivity contribution is 9.10. The Kier molecular flexibility index (Phi) is 5.28. The first-order valence-corrected chi connectivity index (χ1v) is 6.80. The monoisotopic (exact) mass is 346 g/mol. The molecule has 0 aliphatic carbocycles. The van der Waals surface area contributed by atoms with Crippen molar-refractivity contribution < 1.29 is 23.7 Å². The molecule has 0 atom stereocenters. The predicted molar refractivity (Wildman–Crippen MR) is 78.8 cm³/mol. The maximum atomic E-state index is 11.7. The third-order valence-electron chi connectivity index (χ3n) is 2.37. The summed E-state index contributed by atoms with van der Waals surface area (Å²) in [5, 5.41) is 0. The summed E-state index contributed by atoms with van der Waals surface area (Å²) in [6, 6.07) is 1.61. The molecule has 0 amide bonds. The van der Waals surface area contributed by atoms with Gasteiger partial charge in [-0.05, 0) is 43.6 Å². The molecule has 0 N–H and O–H groups in total. The highest BCUT2D eigenvalue weighted by Crippen LogP contribution is 2.42. The zero-order valence-corrected chi connectivity index (χ0v) is 14.1. The van der Waals surface area contributed by atoms with Crippen LogP contribution in [-0.4, -0.2) is 26.0 Å². The minimum Gasteiger partial charge on any atom is -0.495 e. The Morgan fingerprint density at radius 3 is 2.15 bits per heavy atom. The van der Waals surface area contributed by atoms with Gasteiger partial charge in [-0.15, -0.1) is 0 Å². The molecule has 20 heavy (non-hydrogen) atoms. The molecule has 1 aromatic carbocycles. The van der Waals surface area contributed by atoms with E-state index in [-0.39, 0.29) is 5.75 Å². The number of methoxy groups -OCH3 is 2. The summed E-state index contributed by atoms with van der Waals surface area (Å²) in [6.07, 6.45) is -0.785. The van der Waals surface area contributed by atoms with Crippen LogP contribution in [0.15, 0.2) is 10.5 Å². The zero-order valence-electron chi connectivity index (χ0n) is 12.5. The van der Waals surface area contributed by atoms with Crippen molar-refractivity contribution in [2.45, 2.75) is 33.3 Å². The van der Waals surface area contributed by atoms with E-state index < -0.39 is 11.8 Å². The highest BCUT2D eigenvalue weighted by Gasteiger charge is 2.22. The summed E-state index contributed by atoms with van der Waals surface area (Å²) in [4.78, 5) is 11.7. The lowest BCUT2D eigenvalue weighted by Gasteiger charge is -2.20. The number of hydrogen-bond donors (Lipinski definition) is 0. The average molecular weight is 347 g/mol. The van der Waals surface area contributed by atoms with Gasteiger partial charge in [0.1, 0.15) is 11.4 Å². The van der Waals surface area contributed by atoms with Crippen molar-refractivity contribution in [2.24, 2.45) is 0 Å². The van der Waals surface area contributed by atoms with Crippen molar-refractivity contribution in [3.05, 3.63) is 16.1 Å². The molecule has 0 saturated carbocycles. The second-order valence-corrected chi connectivity index (χ2v) is 5.97. The molecule has 5 nitrogen and oxygen atoms in total. The van der Waals surface area contributed by atoms with E-state index in [0.29, 0.717) is 16.0 Å². The Morgan fingerprint density at radius 1 is 1.15 bits per heavy atom. The third kappa shape index (κ3) is 4.03. The van der Waals surface area contributed by atoms with Crippen molar-refractivity contribution in [3.63, 3.8) is 0 Å². The van der Waals surface area contributed by atoms with Crippen molar-refractivity contribution >= 4 is 22.1 Å². The van der Waals surface area contributed by atoms with Crippen LogP contribution >= 0.6 is 15.9 Å². The maximum Gasteiger partial charge on any atom is 0.514 e. The lowest BCUT2D eigenvalue weighted by molar-refractivity contribution is 0.0200. The normalized spacial score (nSPS) is 10.9. The summed E-state index contributed by atoms with van der Waals surface area (Å²) < 4.78 is 21.5. The van der Waals surface area contributed by atoms with Gasteiger partial charge in [0.05, 0.1) is 18.7 Å². The van der Waals surface area contributed by atoms with Gasteiger partial charge in [-0.3, -0.25) is 0 Å². The first kappa shape index (κ1) is 16.6. The predicted octanol–water partition coefficient (Wildman–Crippen LogP) is 4.09. The molecule has 0 fully saturated rings. The van der Waals surface area contributed by atoms with E-state index in [1.807, 2.05) is 6.92 Å². The molecule has 0 heterocycles. The van der Waals surface area contributed by atoms with Gasteiger partial charge in [0, 0.05) is 11.6 Å². The quantitative estimate of drug-likeness (QED) is 0.609. The van der Waals surface area contributed by atoms with E-state index >= 15 is 0 Å². The average Bonchev–Trinajstić information content (AvgIpc) is 2.26. The molecule has 6 heteroatoms. The van der Waals surface area contributed by atoms with Crippen molar-refractivity contribution in [3.8, 4) is 17.2 Å². The fraction of sp³-hybridized carbons (Fsp3) is 0.500. The van der Waals surface area contributed by atoms with Crippen molar-refractivity contribution in [1.82, 2.24) is 0 Å². The summed E-state index contributed by atoms with van der Waals surface area (Å²) in [5.41, 5.74) is 0.103. The number of ether oxygens (including phenoxy) is 4. The van der Waals surface area contributed by atoms with Crippen LogP contribution in [0.3, 0.4) is 0 Å². The molecule has 0 aromatic heterocycles. The van der Waals surface area contributed by atoms with Crippen LogP contribution in [0.25, 0.3) is 0 Å². The number of benzene rings is 1. The van der Waals surface area contributed by atoms with Gasteiger partial charge in [-0.2, -0.15) is 0 Å². The molecule has 0 bridgehead atoms. The van der Waals surface area contributed by atoms with Crippen molar-refractivity contribution in [2.75, 3.05) is 14.2 Å². The molecule has 1 aromatic rings. The summed E-state index contributed by atoms with van der Waals surface area (Å²) in [7, 11) is 3.05. The number of rotatable bonds is 3. The van der Waals surface area contributed by atoms with E-state index in [4.69, 9.17) is 18.9 Å².